The summed E-state index contributed by atoms with van der Waals surface area (Å²) in [5.41, 5.74) is 1.75. The van der Waals surface area contributed by atoms with E-state index in [0.717, 1.165) is 12.1 Å². The molecule has 3 rings (SSSR count). The minimum absolute atomic E-state index is 0.0724. The van der Waals surface area contributed by atoms with Crippen LogP contribution in [0.15, 0.2) is 53.4 Å². The zero-order valence-electron chi connectivity index (χ0n) is 18.6. The molecule has 0 radical (unpaired) electrons. The summed E-state index contributed by atoms with van der Waals surface area (Å²) in [5, 5.41) is 5.22. The van der Waals surface area contributed by atoms with Gasteiger partial charge in [0.1, 0.15) is 0 Å². The Bertz CT molecular complexity index is 1130. The van der Waals surface area contributed by atoms with Crippen LogP contribution in [0.3, 0.4) is 0 Å². The first-order chi connectivity index (χ1) is 15.7. The van der Waals surface area contributed by atoms with E-state index >= 15 is 0 Å². The predicted molar refractivity (Wildman–Crippen MR) is 124 cm³/mol. The average molecular weight is 473 g/mol. The molecule has 2 aromatic rings. The van der Waals surface area contributed by atoms with Crippen molar-refractivity contribution in [2.75, 3.05) is 18.0 Å². The third-order valence-corrected chi connectivity index (χ3v) is 6.67. The number of nitrogens with one attached hydrogen (secondary N) is 3. The van der Waals surface area contributed by atoms with Gasteiger partial charge < -0.3 is 15.5 Å². The summed E-state index contributed by atoms with van der Waals surface area (Å²) in [7, 11) is -3.63. The van der Waals surface area contributed by atoms with Crippen LogP contribution in [0.4, 0.5) is 5.69 Å². The minimum Gasteiger partial charge on any atom is -0.350 e. The SMILES string of the molecule is CC(C)NS(=O)(=O)c1cccc(CNC(=O)CNC(=O)c2ccc(N3CCCC3=O)cc2)c1. The van der Waals surface area contributed by atoms with Crippen molar-refractivity contribution in [3.63, 3.8) is 0 Å². The van der Waals surface area contributed by atoms with Gasteiger partial charge >= 0.3 is 0 Å². The van der Waals surface area contributed by atoms with Gasteiger partial charge in [0.2, 0.25) is 21.8 Å². The van der Waals surface area contributed by atoms with Crippen molar-refractivity contribution in [2.24, 2.45) is 0 Å². The Labute approximate surface area is 193 Å². The van der Waals surface area contributed by atoms with Gasteiger partial charge in [0.15, 0.2) is 0 Å². The largest absolute Gasteiger partial charge is 0.350 e. The van der Waals surface area contributed by atoms with Gasteiger partial charge in [-0.3, -0.25) is 14.4 Å². The highest BCUT2D eigenvalue weighted by atomic mass is 32.2. The average Bonchev–Trinajstić information content (AvgIpc) is 3.21. The summed E-state index contributed by atoms with van der Waals surface area (Å²) in [5.74, 6) is -0.739. The maximum atomic E-state index is 12.3. The summed E-state index contributed by atoms with van der Waals surface area (Å²) in [6.45, 7) is 4.04. The third-order valence-electron chi connectivity index (χ3n) is 5.01. The van der Waals surface area contributed by atoms with Crippen LogP contribution >= 0.6 is 0 Å². The lowest BCUT2D eigenvalue weighted by molar-refractivity contribution is -0.120. The molecule has 3 amide bonds. The molecule has 0 spiro atoms. The van der Waals surface area contributed by atoms with Crippen LogP contribution in [-0.4, -0.2) is 45.3 Å². The summed E-state index contributed by atoms with van der Waals surface area (Å²) >= 11 is 0. The van der Waals surface area contributed by atoms with Crippen LogP contribution in [-0.2, 0) is 26.2 Å². The smallest absolute Gasteiger partial charge is 0.251 e. The van der Waals surface area contributed by atoms with E-state index in [4.69, 9.17) is 0 Å². The molecule has 1 aliphatic heterocycles. The second-order valence-electron chi connectivity index (χ2n) is 8.08. The van der Waals surface area contributed by atoms with E-state index in [1.165, 1.54) is 12.1 Å². The van der Waals surface area contributed by atoms with Crippen LogP contribution in [0.5, 0.6) is 0 Å². The van der Waals surface area contributed by atoms with Gasteiger partial charge in [0, 0.05) is 36.8 Å². The van der Waals surface area contributed by atoms with Gasteiger partial charge in [-0.15, -0.1) is 0 Å². The number of benzene rings is 2. The monoisotopic (exact) mass is 472 g/mol. The molecule has 1 aliphatic rings. The van der Waals surface area contributed by atoms with Crippen LogP contribution < -0.4 is 20.3 Å². The highest BCUT2D eigenvalue weighted by molar-refractivity contribution is 7.89. The van der Waals surface area contributed by atoms with Crippen LogP contribution in [0.25, 0.3) is 0 Å². The van der Waals surface area contributed by atoms with Crippen molar-refractivity contribution in [1.82, 2.24) is 15.4 Å². The Balaban J connectivity index is 1.49. The highest BCUT2D eigenvalue weighted by Gasteiger charge is 2.21. The van der Waals surface area contributed by atoms with Crippen molar-refractivity contribution < 1.29 is 22.8 Å². The molecular weight excluding hydrogens is 444 g/mol. The van der Waals surface area contributed by atoms with Gasteiger partial charge in [0.25, 0.3) is 5.91 Å². The maximum Gasteiger partial charge on any atom is 0.251 e. The number of anilines is 1. The van der Waals surface area contributed by atoms with Gasteiger partial charge in [0.05, 0.1) is 11.4 Å². The minimum atomic E-state index is -3.63. The Morgan fingerprint density at radius 3 is 2.42 bits per heavy atom. The number of rotatable bonds is 9. The molecule has 1 saturated heterocycles. The van der Waals surface area contributed by atoms with Crippen molar-refractivity contribution in [2.45, 2.75) is 44.2 Å². The molecule has 0 saturated carbocycles. The lowest BCUT2D eigenvalue weighted by Crippen LogP contribution is -2.36. The van der Waals surface area contributed by atoms with Crippen molar-refractivity contribution >= 4 is 33.4 Å². The molecule has 10 heteroatoms. The molecule has 0 aliphatic carbocycles. The fourth-order valence-corrected chi connectivity index (χ4v) is 4.76. The van der Waals surface area contributed by atoms with E-state index in [1.807, 2.05) is 0 Å². The number of hydrogen-bond donors (Lipinski definition) is 3. The molecule has 0 aromatic heterocycles. The molecule has 33 heavy (non-hydrogen) atoms. The highest BCUT2D eigenvalue weighted by Crippen LogP contribution is 2.21. The lowest BCUT2D eigenvalue weighted by atomic mass is 10.2. The fourth-order valence-electron chi connectivity index (χ4n) is 3.44. The molecular formula is C23H28N4O5S. The second-order valence-corrected chi connectivity index (χ2v) is 9.79. The molecule has 176 valence electrons. The molecule has 1 fully saturated rings. The number of sulfonamides is 1. The van der Waals surface area contributed by atoms with E-state index < -0.39 is 21.8 Å². The van der Waals surface area contributed by atoms with Gasteiger partial charge in [-0.25, -0.2) is 13.1 Å². The fraction of sp³-hybridized carbons (Fsp3) is 0.348. The maximum absolute atomic E-state index is 12.3. The van der Waals surface area contributed by atoms with Crippen LogP contribution in [0.1, 0.15) is 42.6 Å². The quantitative estimate of drug-likeness (QED) is 0.511. The lowest BCUT2D eigenvalue weighted by Gasteiger charge is -2.15. The second kappa shape index (κ2) is 10.6. The molecule has 3 N–H and O–H groups in total. The molecule has 0 bridgehead atoms. The van der Waals surface area contributed by atoms with E-state index in [1.54, 1.807) is 55.1 Å². The van der Waals surface area contributed by atoms with E-state index in [-0.39, 0.29) is 29.9 Å². The first kappa shape index (κ1) is 24.4. The zero-order valence-corrected chi connectivity index (χ0v) is 19.4. The summed E-state index contributed by atoms with van der Waals surface area (Å²) in [4.78, 5) is 38.1. The molecule has 2 aromatic carbocycles. The number of hydrogen-bond acceptors (Lipinski definition) is 5. The normalized spacial score (nSPS) is 13.9. The Hall–Kier alpha value is -3.24. The van der Waals surface area contributed by atoms with Crippen molar-refractivity contribution in [3.8, 4) is 0 Å². The third kappa shape index (κ3) is 6.62. The van der Waals surface area contributed by atoms with E-state index in [0.29, 0.717) is 24.1 Å². The molecule has 0 atom stereocenters. The van der Waals surface area contributed by atoms with Crippen molar-refractivity contribution in [1.29, 1.82) is 0 Å². The Morgan fingerprint density at radius 2 is 1.79 bits per heavy atom. The Morgan fingerprint density at radius 1 is 1.06 bits per heavy atom. The number of amides is 3. The standard InChI is InChI=1S/C23H28N4O5S/c1-16(2)26-33(31,32)20-6-3-5-17(13-20)14-24-21(28)15-25-23(30)18-8-10-19(11-9-18)27-12-4-7-22(27)29/h3,5-6,8-11,13,16,26H,4,7,12,14-15H2,1-2H3,(H,24,28)(H,25,30). The summed E-state index contributed by atoms with van der Waals surface area (Å²) in [6.07, 6.45) is 1.36. The number of carbonyl (C=O) groups excluding carboxylic acids is 3. The number of carbonyl (C=O) groups is 3. The van der Waals surface area contributed by atoms with Gasteiger partial charge in [-0.05, 0) is 62.2 Å². The van der Waals surface area contributed by atoms with Gasteiger partial charge in [-0.2, -0.15) is 0 Å². The topological polar surface area (TPSA) is 125 Å². The van der Waals surface area contributed by atoms with Gasteiger partial charge in [-0.1, -0.05) is 12.1 Å². The predicted octanol–water partition coefficient (Wildman–Crippen LogP) is 1.55. The summed E-state index contributed by atoms with van der Waals surface area (Å²) in [6, 6.07) is 12.7. The van der Waals surface area contributed by atoms with E-state index in [9.17, 15) is 22.8 Å². The molecule has 9 nitrogen and oxygen atoms in total. The summed E-state index contributed by atoms with van der Waals surface area (Å²) < 4.78 is 27.1. The Kier molecular flexibility index (Phi) is 7.83. The van der Waals surface area contributed by atoms with Crippen molar-refractivity contribution in [3.05, 3.63) is 59.7 Å². The van der Waals surface area contributed by atoms with Crippen LogP contribution in [0, 0.1) is 0 Å². The molecule has 0 unspecified atom stereocenters. The van der Waals surface area contributed by atoms with Crippen LogP contribution in [0.2, 0.25) is 0 Å². The first-order valence-electron chi connectivity index (χ1n) is 10.7. The van der Waals surface area contributed by atoms with E-state index in [2.05, 4.69) is 15.4 Å². The zero-order chi connectivity index (χ0) is 24.0. The molecule has 1 heterocycles. The first-order valence-corrected chi connectivity index (χ1v) is 12.2. The number of nitrogens with zero attached hydrogens (tertiary/aromatic N) is 1.